The molecule has 1 radical (unpaired) electrons. The first kappa shape index (κ1) is 7.61. The second-order valence-electron chi connectivity index (χ2n) is 2.22. The Morgan fingerprint density at radius 2 is 1.82 bits per heavy atom. The maximum absolute atomic E-state index is 5.50. The molecule has 0 aromatic heterocycles. The quantitative estimate of drug-likeness (QED) is 0.500. The van der Waals surface area contributed by atoms with E-state index < -0.39 is 0 Å². The van der Waals surface area contributed by atoms with E-state index in [2.05, 4.69) is 0 Å². The molecule has 0 fully saturated rings. The van der Waals surface area contributed by atoms with Gasteiger partial charge in [0.15, 0.2) is 0 Å². The Hall–Kier alpha value is -1.50. The van der Waals surface area contributed by atoms with Crippen molar-refractivity contribution in [2.45, 2.75) is 0 Å². The van der Waals surface area contributed by atoms with Gasteiger partial charge in [0.2, 0.25) is 0 Å². The zero-order chi connectivity index (χ0) is 8.10. The van der Waals surface area contributed by atoms with Crippen molar-refractivity contribution in [1.29, 1.82) is 0 Å². The van der Waals surface area contributed by atoms with Crippen molar-refractivity contribution in [3.63, 3.8) is 0 Å². The Morgan fingerprint density at radius 1 is 1.18 bits per heavy atom. The third-order valence-corrected chi connectivity index (χ3v) is 1.34. The second kappa shape index (κ2) is 3.62. The first-order chi connectivity index (χ1) is 5.33. The maximum Gasteiger partial charge on any atom is 0.0314 e. The summed E-state index contributed by atoms with van der Waals surface area (Å²) in [5.41, 5.74) is 7.37. The van der Waals surface area contributed by atoms with Gasteiger partial charge in [-0.15, -0.1) is 0 Å². The standard InChI is InChI=1S/C10H10N/c1-2-3-4-9-5-7-10(11)8-6-9/h1-8H,11H2/b2-1?,4-3+. The summed E-state index contributed by atoms with van der Waals surface area (Å²) < 4.78 is 0. The van der Waals surface area contributed by atoms with E-state index in [9.17, 15) is 0 Å². The summed E-state index contributed by atoms with van der Waals surface area (Å²) in [5.74, 6) is 0. The third kappa shape index (κ3) is 2.30. The summed E-state index contributed by atoms with van der Waals surface area (Å²) in [6.07, 6.45) is 5.20. The van der Waals surface area contributed by atoms with Gasteiger partial charge < -0.3 is 5.73 Å². The molecule has 1 aromatic carbocycles. The lowest BCUT2D eigenvalue weighted by molar-refractivity contribution is 1.64. The minimum atomic E-state index is 0.777. The first-order valence-electron chi connectivity index (χ1n) is 3.40. The van der Waals surface area contributed by atoms with Gasteiger partial charge >= 0.3 is 0 Å². The van der Waals surface area contributed by atoms with Crippen LogP contribution in [0.15, 0.2) is 36.4 Å². The third-order valence-electron chi connectivity index (χ3n) is 1.34. The first-order valence-corrected chi connectivity index (χ1v) is 3.40. The molecule has 1 nitrogen and oxygen atoms in total. The topological polar surface area (TPSA) is 26.0 Å². The number of hydrogen-bond donors (Lipinski definition) is 1. The van der Waals surface area contributed by atoms with E-state index in [1.54, 1.807) is 6.08 Å². The number of rotatable bonds is 2. The van der Waals surface area contributed by atoms with Crippen molar-refractivity contribution >= 4 is 11.8 Å². The van der Waals surface area contributed by atoms with E-state index in [1.807, 2.05) is 30.3 Å². The number of benzene rings is 1. The highest BCUT2D eigenvalue weighted by molar-refractivity contribution is 5.54. The van der Waals surface area contributed by atoms with Crippen molar-refractivity contribution < 1.29 is 0 Å². The normalized spacial score (nSPS) is 10.2. The van der Waals surface area contributed by atoms with Crippen molar-refractivity contribution in [1.82, 2.24) is 0 Å². The Bertz CT molecular complexity index is 257. The molecule has 0 saturated carbocycles. The average molecular weight is 144 g/mol. The Balaban J connectivity index is 2.81. The summed E-state index contributed by atoms with van der Waals surface area (Å²) in [6.45, 7) is 5.17. The van der Waals surface area contributed by atoms with Gasteiger partial charge in [-0.2, -0.15) is 0 Å². The Kier molecular flexibility index (Phi) is 2.50. The zero-order valence-electron chi connectivity index (χ0n) is 6.20. The van der Waals surface area contributed by atoms with E-state index in [0.717, 1.165) is 11.3 Å². The van der Waals surface area contributed by atoms with E-state index in [0.29, 0.717) is 0 Å². The number of hydrogen-bond acceptors (Lipinski definition) is 1. The fourth-order valence-corrected chi connectivity index (χ4v) is 0.774. The number of allylic oxidation sites excluding steroid dienone is 2. The van der Waals surface area contributed by atoms with Crippen molar-refractivity contribution in [3.8, 4) is 0 Å². The van der Waals surface area contributed by atoms with Crippen LogP contribution < -0.4 is 5.73 Å². The van der Waals surface area contributed by atoms with Crippen LogP contribution in [-0.2, 0) is 0 Å². The minimum Gasteiger partial charge on any atom is -0.399 e. The molecule has 1 rings (SSSR count). The lowest BCUT2D eigenvalue weighted by Crippen LogP contribution is -1.82. The Morgan fingerprint density at radius 3 is 2.36 bits per heavy atom. The molecule has 2 N–H and O–H groups in total. The molecule has 1 aromatic rings. The molecule has 1 heteroatoms. The van der Waals surface area contributed by atoms with Gasteiger partial charge in [-0.05, 0) is 17.7 Å². The SMILES string of the molecule is [CH]=C/C=C/c1ccc(N)cc1. The largest absolute Gasteiger partial charge is 0.399 e. The molecular formula is C10H10N. The molecular weight excluding hydrogens is 134 g/mol. The average Bonchev–Trinajstić information content (AvgIpc) is 2.04. The van der Waals surface area contributed by atoms with Crippen LogP contribution >= 0.6 is 0 Å². The van der Waals surface area contributed by atoms with Crippen molar-refractivity contribution in [2.24, 2.45) is 0 Å². The molecule has 0 amide bonds. The van der Waals surface area contributed by atoms with E-state index >= 15 is 0 Å². The maximum atomic E-state index is 5.50. The lowest BCUT2D eigenvalue weighted by atomic mass is 10.2. The van der Waals surface area contributed by atoms with Crippen LogP contribution in [0.3, 0.4) is 0 Å². The van der Waals surface area contributed by atoms with Crippen LogP contribution in [-0.4, -0.2) is 0 Å². The number of nitrogen functional groups attached to an aromatic ring is 1. The van der Waals surface area contributed by atoms with Gasteiger partial charge in [0, 0.05) is 5.69 Å². The highest BCUT2D eigenvalue weighted by Crippen LogP contribution is 2.06. The predicted molar refractivity (Wildman–Crippen MR) is 48.8 cm³/mol. The van der Waals surface area contributed by atoms with Crippen LogP contribution in [0.5, 0.6) is 0 Å². The summed E-state index contributed by atoms with van der Waals surface area (Å²) in [7, 11) is 0. The van der Waals surface area contributed by atoms with Gasteiger partial charge in [0.1, 0.15) is 0 Å². The smallest absolute Gasteiger partial charge is 0.0314 e. The minimum absolute atomic E-state index is 0.777. The molecule has 55 valence electrons. The van der Waals surface area contributed by atoms with Crippen LogP contribution in [0.25, 0.3) is 6.08 Å². The molecule has 0 spiro atoms. The highest BCUT2D eigenvalue weighted by Gasteiger charge is 1.84. The zero-order valence-corrected chi connectivity index (χ0v) is 6.20. The fraction of sp³-hybridized carbons (Fsp3) is 0. The molecule has 0 aliphatic rings. The van der Waals surface area contributed by atoms with E-state index in [-0.39, 0.29) is 0 Å². The number of anilines is 1. The lowest BCUT2D eigenvalue weighted by Gasteiger charge is -1.92. The molecule has 0 saturated heterocycles. The van der Waals surface area contributed by atoms with Crippen LogP contribution in [0.1, 0.15) is 5.56 Å². The summed E-state index contributed by atoms with van der Waals surface area (Å²) in [4.78, 5) is 0. The van der Waals surface area contributed by atoms with Gasteiger partial charge in [0.25, 0.3) is 0 Å². The Labute approximate surface area is 66.9 Å². The second-order valence-corrected chi connectivity index (χ2v) is 2.22. The highest BCUT2D eigenvalue weighted by atomic mass is 14.5. The summed E-state index contributed by atoms with van der Waals surface area (Å²) in [6, 6.07) is 7.59. The summed E-state index contributed by atoms with van der Waals surface area (Å²) in [5, 5.41) is 0. The molecule has 11 heavy (non-hydrogen) atoms. The fourth-order valence-electron chi connectivity index (χ4n) is 0.774. The van der Waals surface area contributed by atoms with Gasteiger partial charge in [-0.1, -0.05) is 36.9 Å². The molecule has 0 bridgehead atoms. The van der Waals surface area contributed by atoms with Crippen LogP contribution in [0.2, 0.25) is 0 Å². The van der Waals surface area contributed by atoms with Gasteiger partial charge in [-0.25, -0.2) is 0 Å². The molecule has 0 atom stereocenters. The summed E-state index contributed by atoms with van der Waals surface area (Å²) >= 11 is 0. The van der Waals surface area contributed by atoms with Crippen molar-refractivity contribution in [3.05, 3.63) is 48.6 Å². The van der Waals surface area contributed by atoms with Crippen molar-refractivity contribution in [2.75, 3.05) is 5.73 Å². The molecule has 0 aliphatic carbocycles. The number of nitrogens with two attached hydrogens (primary N) is 1. The van der Waals surface area contributed by atoms with Crippen LogP contribution in [0.4, 0.5) is 5.69 Å². The van der Waals surface area contributed by atoms with Crippen LogP contribution in [0, 0.1) is 6.58 Å². The predicted octanol–water partition coefficient (Wildman–Crippen LogP) is 2.27. The van der Waals surface area contributed by atoms with Gasteiger partial charge in [-0.3, -0.25) is 0 Å². The van der Waals surface area contributed by atoms with Gasteiger partial charge in [0.05, 0.1) is 0 Å². The van der Waals surface area contributed by atoms with E-state index in [4.69, 9.17) is 12.3 Å². The molecule has 0 unspecified atom stereocenters. The van der Waals surface area contributed by atoms with E-state index in [1.165, 1.54) is 6.08 Å². The molecule has 0 aliphatic heterocycles. The monoisotopic (exact) mass is 144 g/mol. The molecule has 0 heterocycles.